The number of likely N-dealkylation sites (tertiary alicyclic amines) is 1. The van der Waals surface area contributed by atoms with E-state index in [2.05, 4.69) is 44.6 Å². The summed E-state index contributed by atoms with van der Waals surface area (Å²) in [7, 11) is 1.75. The van der Waals surface area contributed by atoms with Gasteiger partial charge >= 0.3 is 0 Å². The largest absolute Gasteiger partial charge is 0.506 e. The third-order valence-electron chi connectivity index (χ3n) is 11.4. The standard InChI is InChI=1S/C42H55N7O7/c1-46(21-17-43-26-37(51)33-8-10-36(50)40-34(33)9-11-38(52)44-40)39(53)14-24-55-23-13-30-2-4-31(5-3-30)27-47-19-15-42(16-20-47)29-48(22-25-56-42)41(54)35-12-18-49(45-35)28-32-6-7-32/h2-5,8-12,18,32,37,43,50-51H,6-7,13-17,19-29H2,1H3,(H,44,52)/t37-/m0/s1. The van der Waals surface area contributed by atoms with Crippen LogP contribution >= 0.6 is 0 Å². The number of aromatic amines is 1. The molecular formula is C42H55N7O7. The van der Waals surface area contributed by atoms with Gasteiger partial charge in [0.25, 0.3) is 5.91 Å². The predicted molar refractivity (Wildman–Crippen MR) is 211 cm³/mol. The molecule has 0 unspecified atom stereocenters. The number of morpholine rings is 1. The summed E-state index contributed by atoms with van der Waals surface area (Å²) in [5.41, 5.74) is 3.25. The Hall–Kier alpha value is -4.60. The number of rotatable bonds is 17. The lowest BCUT2D eigenvalue weighted by atomic mass is 9.89. The minimum Gasteiger partial charge on any atom is -0.506 e. The number of carbonyl (C=O) groups is 2. The summed E-state index contributed by atoms with van der Waals surface area (Å²) in [5.74, 6) is 0.659. The zero-order valence-electron chi connectivity index (χ0n) is 32.3. The number of aromatic hydroxyl groups is 1. The minimum atomic E-state index is -0.861. The SMILES string of the molecule is CN(CCNC[C@H](O)c1ccc(O)c2[nH]c(=O)ccc12)C(=O)CCOCCc1ccc(CN2CCC3(CC2)CN(C(=O)c2ccn(CC4CC4)n2)CCO3)cc1. The first-order chi connectivity index (χ1) is 27.1. The van der Waals surface area contributed by atoms with Gasteiger partial charge in [-0.25, -0.2) is 0 Å². The molecule has 1 aliphatic carbocycles. The second-order valence-corrected chi connectivity index (χ2v) is 15.6. The number of hydrogen-bond acceptors (Lipinski definition) is 10. The number of likely N-dealkylation sites (N-methyl/N-ethyl adjacent to an activating group) is 1. The average Bonchev–Trinajstić information content (AvgIpc) is 3.91. The van der Waals surface area contributed by atoms with Crippen LogP contribution in [0.5, 0.6) is 5.75 Å². The maximum Gasteiger partial charge on any atom is 0.274 e. The summed E-state index contributed by atoms with van der Waals surface area (Å²) in [4.78, 5) is 46.2. The molecule has 2 aromatic heterocycles. The van der Waals surface area contributed by atoms with Crippen molar-refractivity contribution in [1.82, 2.24) is 34.8 Å². The number of hydrogen-bond donors (Lipinski definition) is 4. The number of H-pyrrole nitrogens is 1. The summed E-state index contributed by atoms with van der Waals surface area (Å²) >= 11 is 0. The zero-order chi connectivity index (χ0) is 39.1. The van der Waals surface area contributed by atoms with Gasteiger partial charge in [-0.15, -0.1) is 0 Å². The first kappa shape index (κ1) is 39.6. The van der Waals surface area contributed by atoms with Crippen molar-refractivity contribution in [2.45, 2.75) is 63.3 Å². The van der Waals surface area contributed by atoms with Gasteiger partial charge in [0, 0.05) is 77.1 Å². The molecule has 3 fully saturated rings. The molecule has 4 N–H and O–H groups in total. The van der Waals surface area contributed by atoms with E-state index in [9.17, 15) is 24.6 Å². The van der Waals surface area contributed by atoms with Crippen LogP contribution in [0.2, 0.25) is 0 Å². The molecule has 1 atom stereocenters. The van der Waals surface area contributed by atoms with Crippen molar-refractivity contribution in [2.75, 3.05) is 72.7 Å². The molecule has 0 bridgehead atoms. The van der Waals surface area contributed by atoms with Gasteiger partial charge in [0.05, 0.1) is 50.0 Å². The lowest BCUT2D eigenvalue weighted by molar-refractivity contribution is -0.131. The van der Waals surface area contributed by atoms with Gasteiger partial charge in [0.1, 0.15) is 11.4 Å². The number of nitrogens with zero attached hydrogens (tertiary/aromatic N) is 5. The molecule has 0 radical (unpaired) electrons. The summed E-state index contributed by atoms with van der Waals surface area (Å²) < 4.78 is 14.1. The van der Waals surface area contributed by atoms with E-state index < -0.39 is 6.10 Å². The maximum atomic E-state index is 13.3. The maximum absolute atomic E-state index is 13.3. The molecular weight excluding hydrogens is 715 g/mol. The number of phenols is 1. The molecule has 2 saturated heterocycles. The van der Waals surface area contributed by atoms with Gasteiger partial charge in [-0.3, -0.25) is 24.0 Å². The molecule has 2 aromatic carbocycles. The number of ether oxygens (including phenoxy) is 2. The Morgan fingerprint density at radius 2 is 1.84 bits per heavy atom. The van der Waals surface area contributed by atoms with Crippen molar-refractivity contribution >= 4 is 22.7 Å². The van der Waals surface area contributed by atoms with Gasteiger partial charge in [-0.05, 0) is 72.9 Å². The van der Waals surface area contributed by atoms with E-state index in [0.29, 0.717) is 74.1 Å². The number of phenolic OH excluding ortho intramolecular Hbond substituents is 1. The molecule has 7 rings (SSSR count). The van der Waals surface area contributed by atoms with E-state index in [1.807, 2.05) is 21.8 Å². The second-order valence-electron chi connectivity index (χ2n) is 15.6. The zero-order valence-corrected chi connectivity index (χ0v) is 32.3. The van der Waals surface area contributed by atoms with Gasteiger partial charge in [-0.2, -0.15) is 5.10 Å². The van der Waals surface area contributed by atoms with E-state index >= 15 is 0 Å². The lowest BCUT2D eigenvalue weighted by Gasteiger charge is -2.47. The lowest BCUT2D eigenvalue weighted by Crippen LogP contribution is -2.58. The molecule has 1 saturated carbocycles. The third kappa shape index (κ3) is 10.2. The third-order valence-corrected chi connectivity index (χ3v) is 11.4. The van der Waals surface area contributed by atoms with Crippen LogP contribution in [0.25, 0.3) is 10.9 Å². The highest BCUT2D eigenvalue weighted by Crippen LogP contribution is 2.33. The molecule has 300 valence electrons. The van der Waals surface area contributed by atoms with Crippen LogP contribution in [-0.4, -0.2) is 130 Å². The van der Waals surface area contributed by atoms with Crippen LogP contribution in [0.1, 0.15) is 65.4 Å². The van der Waals surface area contributed by atoms with Crippen molar-refractivity contribution in [3.63, 3.8) is 0 Å². The Balaban J connectivity index is 0.750. The van der Waals surface area contributed by atoms with Gasteiger partial charge in [-0.1, -0.05) is 30.3 Å². The van der Waals surface area contributed by atoms with Crippen molar-refractivity contribution in [2.24, 2.45) is 5.92 Å². The molecule has 14 nitrogen and oxygen atoms in total. The van der Waals surface area contributed by atoms with Crippen molar-refractivity contribution in [1.29, 1.82) is 0 Å². The Kier molecular flexibility index (Phi) is 12.8. The number of benzene rings is 2. The van der Waals surface area contributed by atoms with E-state index in [0.717, 1.165) is 45.4 Å². The number of aliphatic hydroxyl groups excluding tert-OH is 1. The molecule has 56 heavy (non-hydrogen) atoms. The minimum absolute atomic E-state index is 0.00970. The summed E-state index contributed by atoms with van der Waals surface area (Å²) in [5, 5.41) is 29.1. The number of piperidine rings is 1. The van der Waals surface area contributed by atoms with Crippen LogP contribution in [0.3, 0.4) is 0 Å². The number of amides is 2. The summed E-state index contributed by atoms with van der Waals surface area (Å²) in [6, 6.07) is 16.6. The van der Waals surface area contributed by atoms with Crippen molar-refractivity contribution in [3.05, 3.63) is 93.5 Å². The number of nitrogens with one attached hydrogen (secondary N) is 2. The first-order valence-corrected chi connectivity index (χ1v) is 20.0. The highest BCUT2D eigenvalue weighted by Gasteiger charge is 2.41. The fourth-order valence-corrected chi connectivity index (χ4v) is 7.73. The molecule has 4 aromatic rings. The van der Waals surface area contributed by atoms with Gasteiger partial charge in [0.2, 0.25) is 11.5 Å². The summed E-state index contributed by atoms with van der Waals surface area (Å²) in [6.45, 7) is 7.50. The fourth-order valence-electron chi connectivity index (χ4n) is 7.73. The van der Waals surface area contributed by atoms with Crippen LogP contribution < -0.4 is 10.9 Å². The number of aromatic nitrogens is 3. The van der Waals surface area contributed by atoms with Crippen LogP contribution in [0, 0.1) is 5.92 Å². The topological polar surface area (TPSA) is 165 Å². The quantitative estimate of drug-likeness (QED) is 0.117. The number of aliphatic hydroxyl groups is 1. The molecule has 3 aliphatic rings. The molecule has 2 amide bonds. The van der Waals surface area contributed by atoms with Gasteiger partial charge < -0.3 is 39.8 Å². The molecule has 14 heteroatoms. The van der Waals surface area contributed by atoms with E-state index in [1.165, 1.54) is 36.1 Å². The summed E-state index contributed by atoms with van der Waals surface area (Å²) in [6.07, 6.45) is 6.43. The number of carbonyl (C=O) groups excluding carboxylic acids is 2. The highest BCUT2D eigenvalue weighted by atomic mass is 16.5. The fraction of sp³-hybridized carbons (Fsp3) is 0.524. The average molecular weight is 770 g/mol. The highest BCUT2D eigenvalue weighted by molar-refractivity contribution is 5.92. The Labute approximate surface area is 327 Å². The number of pyridine rings is 1. The predicted octanol–water partition coefficient (Wildman–Crippen LogP) is 3.08. The molecule has 4 heterocycles. The van der Waals surface area contributed by atoms with Crippen LogP contribution in [0.4, 0.5) is 0 Å². The monoisotopic (exact) mass is 769 g/mol. The Morgan fingerprint density at radius 3 is 2.62 bits per heavy atom. The van der Waals surface area contributed by atoms with Crippen molar-refractivity contribution in [3.8, 4) is 5.75 Å². The normalized spacial score (nSPS) is 17.7. The van der Waals surface area contributed by atoms with Crippen LogP contribution in [0.15, 0.2) is 65.6 Å². The molecule has 1 spiro atoms. The second kappa shape index (κ2) is 18.1. The smallest absolute Gasteiger partial charge is 0.274 e. The first-order valence-electron chi connectivity index (χ1n) is 20.0. The Morgan fingerprint density at radius 1 is 1.05 bits per heavy atom. The van der Waals surface area contributed by atoms with Gasteiger partial charge in [0.15, 0.2) is 0 Å². The van der Waals surface area contributed by atoms with E-state index in [1.54, 1.807) is 24.1 Å². The molecule has 2 aliphatic heterocycles. The van der Waals surface area contributed by atoms with Crippen molar-refractivity contribution < 1.29 is 29.3 Å². The van der Waals surface area contributed by atoms with Crippen LogP contribution in [-0.2, 0) is 33.8 Å². The Bertz CT molecular complexity index is 2000. The van der Waals surface area contributed by atoms with E-state index in [-0.39, 0.29) is 41.7 Å². The van der Waals surface area contributed by atoms with E-state index in [4.69, 9.17) is 9.47 Å². The number of fused-ring (bicyclic) bond motifs is 1.